The first-order valence-electron chi connectivity index (χ1n) is 8.97. The summed E-state index contributed by atoms with van der Waals surface area (Å²) in [7, 11) is 1.62. The van der Waals surface area contributed by atoms with Gasteiger partial charge in [-0.25, -0.2) is 4.98 Å². The highest BCUT2D eigenvalue weighted by molar-refractivity contribution is 5.95. The van der Waals surface area contributed by atoms with Gasteiger partial charge in [0.2, 0.25) is 0 Å². The highest BCUT2D eigenvalue weighted by Crippen LogP contribution is 2.40. The van der Waals surface area contributed by atoms with Crippen molar-refractivity contribution < 1.29 is 14.6 Å². The number of fused-ring (bicyclic) bond motifs is 5. The molecule has 2 aliphatic rings. The van der Waals surface area contributed by atoms with Gasteiger partial charge in [0.1, 0.15) is 11.4 Å². The van der Waals surface area contributed by atoms with Gasteiger partial charge in [-0.05, 0) is 36.8 Å². The van der Waals surface area contributed by atoms with Crippen LogP contribution in [0.2, 0.25) is 0 Å². The number of nitrogens with zero attached hydrogens (tertiary/aromatic N) is 2. The van der Waals surface area contributed by atoms with Crippen LogP contribution in [0.15, 0.2) is 35.1 Å². The molecule has 1 N–H and O–H groups in total. The molecule has 6 heteroatoms. The van der Waals surface area contributed by atoms with E-state index in [1.54, 1.807) is 24.7 Å². The van der Waals surface area contributed by atoms with Crippen molar-refractivity contribution in [2.45, 2.75) is 31.9 Å². The van der Waals surface area contributed by atoms with Crippen LogP contribution in [0.3, 0.4) is 0 Å². The Kier molecular flexibility index (Phi) is 3.16. The summed E-state index contributed by atoms with van der Waals surface area (Å²) in [5.41, 5.74) is 2.21. The van der Waals surface area contributed by atoms with E-state index >= 15 is 0 Å². The third-order valence-electron chi connectivity index (χ3n) is 5.83. The molecular formula is C21H18N2O4. The van der Waals surface area contributed by atoms with Crippen LogP contribution >= 0.6 is 0 Å². The van der Waals surface area contributed by atoms with E-state index in [4.69, 9.17) is 9.72 Å². The molecular weight excluding hydrogens is 344 g/mol. The standard InChI is InChI=1S/C21H18N2O4/c1-3-21(26)15-9-17-19-12(10-23(17)20(25)14(15)8-18(21)24)6-11-7-13(27-2)4-5-16(11)22-19/h4-7,9,26H,3,8,10H2,1-2H3. The number of pyridine rings is 2. The second-order valence-electron chi connectivity index (χ2n) is 7.18. The SMILES string of the molecule is CCC1(O)C(=O)Cc2c1cc1n(c2=O)Cc2cc3cc(OC)ccc3nc2-1. The number of aromatic nitrogens is 2. The van der Waals surface area contributed by atoms with Crippen LogP contribution in [0.4, 0.5) is 0 Å². The predicted molar refractivity (Wildman–Crippen MR) is 100.0 cm³/mol. The summed E-state index contributed by atoms with van der Waals surface area (Å²) in [6.45, 7) is 2.17. The molecule has 0 saturated heterocycles. The number of benzene rings is 1. The fraction of sp³-hybridized carbons (Fsp3) is 0.286. The average Bonchev–Trinajstić information content (AvgIpc) is 3.16. The van der Waals surface area contributed by atoms with Gasteiger partial charge in [0, 0.05) is 28.5 Å². The topological polar surface area (TPSA) is 81.4 Å². The van der Waals surface area contributed by atoms with Crippen molar-refractivity contribution in [3.8, 4) is 17.1 Å². The number of ketones is 1. The average molecular weight is 362 g/mol. The highest BCUT2D eigenvalue weighted by Gasteiger charge is 2.46. The van der Waals surface area contributed by atoms with E-state index in [9.17, 15) is 14.7 Å². The molecule has 3 heterocycles. The van der Waals surface area contributed by atoms with E-state index in [1.165, 1.54) is 0 Å². The summed E-state index contributed by atoms with van der Waals surface area (Å²) in [5.74, 6) is 0.447. The minimum Gasteiger partial charge on any atom is -0.497 e. The first-order valence-corrected chi connectivity index (χ1v) is 8.97. The molecule has 3 aromatic rings. The zero-order valence-corrected chi connectivity index (χ0v) is 15.1. The maximum atomic E-state index is 13.0. The van der Waals surface area contributed by atoms with Crippen molar-refractivity contribution in [3.05, 3.63) is 57.4 Å². The molecule has 2 aromatic heterocycles. The Hall–Kier alpha value is -2.99. The number of hydrogen-bond acceptors (Lipinski definition) is 5. The predicted octanol–water partition coefficient (Wildman–Crippen LogP) is 2.16. The quantitative estimate of drug-likeness (QED) is 0.591. The first kappa shape index (κ1) is 16.2. The van der Waals surface area contributed by atoms with Gasteiger partial charge in [0.05, 0.1) is 30.6 Å². The normalized spacial score (nSPS) is 19.9. The number of carbonyl (C=O) groups is 1. The van der Waals surface area contributed by atoms with Crippen LogP contribution in [-0.4, -0.2) is 27.6 Å². The zero-order chi connectivity index (χ0) is 18.9. The Morgan fingerprint density at radius 1 is 1.26 bits per heavy atom. The third kappa shape index (κ3) is 2.01. The maximum Gasteiger partial charge on any atom is 0.255 e. The van der Waals surface area contributed by atoms with Crippen molar-refractivity contribution in [2.75, 3.05) is 7.11 Å². The minimum absolute atomic E-state index is 0.0122. The van der Waals surface area contributed by atoms with E-state index in [-0.39, 0.29) is 24.2 Å². The summed E-state index contributed by atoms with van der Waals surface area (Å²) in [6, 6.07) is 9.45. The summed E-state index contributed by atoms with van der Waals surface area (Å²) in [5, 5.41) is 11.8. The van der Waals surface area contributed by atoms with E-state index in [0.29, 0.717) is 23.4 Å². The minimum atomic E-state index is -1.57. The second-order valence-corrected chi connectivity index (χ2v) is 7.18. The van der Waals surface area contributed by atoms with Crippen LogP contribution in [0.25, 0.3) is 22.3 Å². The summed E-state index contributed by atoms with van der Waals surface area (Å²) < 4.78 is 6.93. The van der Waals surface area contributed by atoms with Gasteiger partial charge < -0.3 is 14.4 Å². The van der Waals surface area contributed by atoms with Gasteiger partial charge >= 0.3 is 0 Å². The monoisotopic (exact) mass is 362 g/mol. The molecule has 136 valence electrons. The first-order chi connectivity index (χ1) is 13.0. The molecule has 0 radical (unpaired) electrons. The summed E-state index contributed by atoms with van der Waals surface area (Å²) >= 11 is 0. The lowest BCUT2D eigenvalue weighted by Crippen LogP contribution is -2.31. The Balaban J connectivity index is 1.76. The largest absolute Gasteiger partial charge is 0.497 e. The lowest BCUT2D eigenvalue weighted by Gasteiger charge is -2.20. The highest BCUT2D eigenvalue weighted by atomic mass is 16.5. The molecule has 0 bridgehead atoms. The number of methoxy groups -OCH3 is 1. The van der Waals surface area contributed by atoms with Gasteiger partial charge in [0.25, 0.3) is 5.56 Å². The molecule has 5 rings (SSSR count). The van der Waals surface area contributed by atoms with Gasteiger partial charge in [-0.15, -0.1) is 0 Å². The molecule has 0 saturated carbocycles. The van der Waals surface area contributed by atoms with Crippen LogP contribution in [0, 0.1) is 0 Å². The summed E-state index contributed by atoms with van der Waals surface area (Å²) in [4.78, 5) is 30.1. The van der Waals surface area contributed by atoms with Crippen molar-refractivity contribution >= 4 is 16.7 Å². The molecule has 1 aliphatic carbocycles. The van der Waals surface area contributed by atoms with Crippen LogP contribution in [0.5, 0.6) is 5.75 Å². The van der Waals surface area contributed by atoms with Crippen molar-refractivity contribution in [1.82, 2.24) is 9.55 Å². The Labute approximate surface area is 155 Å². The molecule has 1 unspecified atom stereocenters. The van der Waals surface area contributed by atoms with E-state index in [1.807, 2.05) is 24.3 Å². The second kappa shape index (κ2) is 5.27. The molecule has 1 aliphatic heterocycles. The number of ether oxygens (including phenoxy) is 1. The Morgan fingerprint density at radius 3 is 2.81 bits per heavy atom. The van der Waals surface area contributed by atoms with Gasteiger partial charge in [0.15, 0.2) is 5.78 Å². The van der Waals surface area contributed by atoms with Crippen molar-refractivity contribution in [1.29, 1.82) is 0 Å². The van der Waals surface area contributed by atoms with Crippen LogP contribution < -0.4 is 10.3 Å². The molecule has 6 nitrogen and oxygen atoms in total. The molecule has 0 fully saturated rings. The third-order valence-corrected chi connectivity index (χ3v) is 5.83. The van der Waals surface area contributed by atoms with Crippen LogP contribution in [-0.2, 0) is 23.4 Å². The molecule has 0 amide bonds. The molecule has 1 atom stereocenters. The molecule has 0 spiro atoms. The lowest BCUT2D eigenvalue weighted by atomic mass is 9.92. The fourth-order valence-electron chi connectivity index (χ4n) is 4.26. The number of Topliss-reactive ketones (excluding diaryl/α,β-unsaturated/α-hetero) is 1. The van der Waals surface area contributed by atoms with Crippen LogP contribution in [0.1, 0.15) is 30.0 Å². The number of carbonyl (C=O) groups excluding carboxylic acids is 1. The van der Waals surface area contributed by atoms with Crippen molar-refractivity contribution in [2.24, 2.45) is 0 Å². The Morgan fingerprint density at radius 2 is 2.07 bits per heavy atom. The van der Waals surface area contributed by atoms with E-state index in [2.05, 4.69) is 0 Å². The smallest absolute Gasteiger partial charge is 0.255 e. The van der Waals surface area contributed by atoms with Gasteiger partial charge in [-0.1, -0.05) is 6.92 Å². The van der Waals surface area contributed by atoms with Crippen molar-refractivity contribution in [3.63, 3.8) is 0 Å². The van der Waals surface area contributed by atoms with Gasteiger partial charge in [-0.3, -0.25) is 9.59 Å². The van der Waals surface area contributed by atoms with E-state index in [0.717, 1.165) is 27.9 Å². The number of aliphatic hydroxyl groups is 1. The van der Waals surface area contributed by atoms with Gasteiger partial charge in [-0.2, -0.15) is 0 Å². The number of hydrogen-bond donors (Lipinski definition) is 1. The fourth-order valence-corrected chi connectivity index (χ4v) is 4.26. The maximum absolute atomic E-state index is 13.0. The number of rotatable bonds is 2. The molecule has 27 heavy (non-hydrogen) atoms. The lowest BCUT2D eigenvalue weighted by molar-refractivity contribution is -0.136. The molecule has 1 aromatic carbocycles. The summed E-state index contributed by atoms with van der Waals surface area (Å²) in [6.07, 6.45) is 0.237. The van der Waals surface area contributed by atoms with E-state index < -0.39 is 5.60 Å². The Bertz CT molecular complexity index is 1210. The zero-order valence-electron chi connectivity index (χ0n) is 15.1.